The van der Waals surface area contributed by atoms with Crippen molar-refractivity contribution in [2.75, 3.05) is 6.61 Å². The molecule has 1 aliphatic heterocycles. The first-order valence-corrected chi connectivity index (χ1v) is 10.3. The maximum Gasteiger partial charge on any atom is 0.295 e. The number of pyridine rings is 1. The van der Waals surface area contributed by atoms with Crippen LogP contribution in [0.5, 0.6) is 5.75 Å². The van der Waals surface area contributed by atoms with Gasteiger partial charge >= 0.3 is 0 Å². The minimum absolute atomic E-state index is 0.0599. The van der Waals surface area contributed by atoms with Gasteiger partial charge in [0.15, 0.2) is 0 Å². The number of halogens is 1. The van der Waals surface area contributed by atoms with E-state index in [1.165, 1.54) is 29.2 Å². The van der Waals surface area contributed by atoms with Gasteiger partial charge in [0.05, 0.1) is 11.6 Å². The number of benzene rings is 2. The summed E-state index contributed by atoms with van der Waals surface area (Å²) in [5, 5.41) is 11.1. The lowest BCUT2D eigenvalue weighted by atomic mass is 9.95. The lowest BCUT2D eigenvalue weighted by Crippen LogP contribution is -2.29. The summed E-state index contributed by atoms with van der Waals surface area (Å²) in [7, 11) is 0. The van der Waals surface area contributed by atoms with E-state index < -0.39 is 23.5 Å². The fourth-order valence-corrected chi connectivity index (χ4v) is 3.74. The van der Waals surface area contributed by atoms with Crippen molar-refractivity contribution in [3.63, 3.8) is 0 Å². The smallest absolute Gasteiger partial charge is 0.295 e. The van der Waals surface area contributed by atoms with E-state index in [4.69, 9.17) is 4.74 Å². The Morgan fingerprint density at radius 3 is 2.48 bits per heavy atom. The molecule has 1 aliphatic rings. The molecule has 1 amide bonds. The molecule has 0 saturated carbocycles. The summed E-state index contributed by atoms with van der Waals surface area (Å²) in [6.45, 7) is 4.03. The highest BCUT2D eigenvalue weighted by atomic mass is 19.1. The number of ether oxygens (including phenoxy) is 1. The van der Waals surface area contributed by atoms with Crippen LogP contribution in [-0.4, -0.2) is 33.3 Å². The van der Waals surface area contributed by atoms with Crippen LogP contribution in [0.3, 0.4) is 0 Å². The number of aliphatic hydroxyl groups is 1. The van der Waals surface area contributed by atoms with Crippen LogP contribution in [0, 0.1) is 5.82 Å². The van der Waals surface area contributed by atoms with Gasteiger partial charge in [-0.05, 0) is 53.6 Å². The maximum atomic E-state index is 13.6. The van der Waals surface area contributed by atoms with E-state index in [1.54, 1.807) is 54.9 Å². The van der Waals surface area contributed by atoms with Gasteiger partial charge in [-0.2, -0.15) is 0 Å². The van der Waals surface area contributed by atoms with Crippen molar-refractivity contribution in [1.29, 1.82) is 0 Å². The molecule has 2 aromatic carbocycles. The second-order valence-electron chi connectivity index (χ2n) is 7.46. The third-order valence-corrected chi connectivity index (χ3v) is 5.30. The molecule has 6 nitrogen and oxygen atoms in total. The number of nitrogens with zero attached hydrogens (tertiary/aromatic N) is 2. The molecule has 2 heterocycles. The van der Waals surface area contributed by atoms with Crippen LogP contribution in [0.25, 0.3) is 5.76 Å². The van der Waals surface area contributed by atoms with Gasteiger partial charge < -0.3 is 14.7 Å². The van der Waals surface area contributed by atoms with E-state index in [0.717, 1.165) is 5.56 Å². The molecule has 0 spiro atoms. The minimum Gasteiger partial charge on any atom is -0.507 e. The molecular weight excluding hydrogens is 423 g/mol. The number of hydrogen-bond acceptors (Lipinski definition) is 5. The molecule has 1 N–H and O–H groups in total. The average Bonchev–Trinajstić information content (AvgIpc) is 3.08. The van der Waals surface area contributed by atoms with Crippen LogP contribution >= 0.6 is 0 Å². The van der Waals surface area contributed by atoms with Crippen LogP contribution in [-0.2, 0) is 16.1 Å². The molecule has 0 bridgehead atoms. The largest absolute Gasteiger partial charge is 0.507 e. The van der Waals surface area contributed by atoms with Crippen molar-refractivity contribution >= 4 is 17.4 Å². The standard InChI is InChI=1S/C26H21FN2O4/c1-2-14-33-21-11-7-19(8-12-21)24(30)22-23(18-5-9-20(27)10-6-18)29(26(32)25(22)31)16-17-4-3-13-28-15-17/h2-13,15,23,30H,1,14,16H2/t23-/m0/s1. The zero-order valence-corrected chi connectivity index (χ0v) is 17.6. The topological polar surface area (TPSA) is 79.7 Å². The van der Waals surface area contributed by atoms with Gasteiger partial charge in [0.25, 0.3) is 11.7 Å². The summed E-state index contributed by atoms with van der Waals surface area (Å²) < 4.78 is 19.0. The number of likely N-dealkylation sites (tertiary alicyclic amines) is 1. The minimum atomic E-state index is -0.887. The Hall–Kier alpha value is -4.26. The molecule has 1 fully saturated rings. The summed E-state index contributed by atoms with van der Waals surface area (Å²) in [6.07, 6.45) is 4.82. The molecule has 0 unspecified atom stereocenters. The van der Waals surface area contributed by atoms with E-state index >= 15 is 0 Å². The maximum absolute atomic E-state index is 13.6. The van der Waals surface area contributed by atoms with Gasteiger partial charge in [0, 0.05) is 24.5 Å². The molecule has 4 rings (SSSR count). The molecule has 33 heavy (non-hydrogen) atoms. The van der Waals surface area contributed by atoms with Crippen molar-refractivity contribution in [2.24, 2.45) is 0 Å². The number of Topliss-reactive ketones (excluding diaryl/α,β-unsaturated/α-hetero) is 1. The van der Waals surface area contributed by atoms with Crippen LogP contribution < -0.4 is 4.74 Å². The second-order valence-corrected chi connectivity index (χ2v) is 7.46. The first-order chi connectivity index (χ1) is 16.0. The molecular formula is C26H21FN2O4. The van der Waals surface area contributed by atoms with E-state index in [0.29, 0.717) is 23.5 Å². The van der Waals surface area contributed by atoms with Gasteiger partial charge in [0.1, 0.15) is 23.9 Å². The Bertz CT molecular complexity index is 1210. The van der Waals surface area contributed by atoms with Crippen LogP contribution in [0.15, 0.2) is 91.3 Å². The molecule has 1 saturated heterocycles. The van der Waals surface area contributed by atoms with E-state index in [9.17, 15) is 19.1 Å². The highest BCUT2D eigenvalue weighted by Crippen LogP contribution is 2.40. The fourth-order valence-electron chi connectivity index (χ4n) is 3.74. The van der Waals surface area contributed by atoms with Crippen molar-refractivity contribution in [1.82, 2.24) is 9.88 Å². The third-order valence-electron chi connectivity index (χ3n) is 5.30. The summed E-state index contributed by atoms with van der Waals surface area (Å²) in [5.41, 5.74) is 1.52. The molecule has 7 heteroatoms. The van der Waals surface area contributed by atoms with Crippen molar-refractivity contribution < 1.29 is 23.8 Å². The van der Waals surface area contributed by atoms with Gasteiger partial charge in [-0.3, -0.25) is 14.6 Å². The SMILES string of the molecule is C=CCOc1ccc(C(O)=C2C(=O)C(=O)N(Cc3cccnc3)[C@H]2c2ccc(F)cc2)cc1. The van der Waals surface area contributed by atoms with Gasteiger partial charge in [0.2, 0.25) is 0 Å². The Morgan fingerprint density at radius 1 is 1.12 bits per heavy atom. The first-order valence-electron chi connectivity index (χ1n) is 10.3. The van der Waals surface area contributed by atoms with Crippen LogP contribution in [0.4, 0.5) is 4.39 Å². The molecule has 1 aromatic heterocycles. The van der Waals surface area contributed by atoms with E-state index in [2.05, 4.69) is 11.6 Å². The van der Waals surface area contributed by atoms with E-state index in [-0.39, 0.29) is 17.9 Å². The normalized spacial score (nSPS) is 17.2. The van der Waals surface area contributed by atoms with Gasteiger partial charge in [-0.1, -0.05) is 30.9 Å². The predicted octanol–water partition coefficient (Wildman–Crippen LogP) is 4.41. The number of aromatic nitrogens is 1. The van der Waals surface area contributed by atoms with Crippen LogP contribution in [0.1, 0.15) is 22.7 Å². The predicted molar refractivity (Wildman–Crippen MR) is 121 cm³/mol. The van der Waals surface area contributed by atoms with Gasteiger partial charge in [-0.25, -0.2) is 4.39 Å². The quantitative estimate of drug-likeness (QED) is 0.253. The number of aliphatic hydroxyl groups excluding tert-OH is 1. The number of ketones is 1. The lowest BCUT2D eigenvalue weighted by molar-refractivity contribution is -0.140. The zero-order chi connectivity index (χ0) is 23.4. The Kier molecular flexibility index (Phi) is 6.31. The number of carbonyl (C=O) groups excluding carboxylic acids is 2. The van der Waals surface area contributed by atoms with Crippen molar-refractivity contribution in [2.45, 2.75) is 12.6 Å². The highest BCUT2D eigenvalue weighted by Gasteiger charge is 2.46. The number of amides is 1. The summed E-state index contributed by atoms with van der Waals surface area (Å²) in [6, 6.07) is 14.6. The summed E-state index contributed by atoms with van der Waals surface area (Å²) in [4.78, 5) is 31.5. The molecule has 1 atom stereocenters. The van der Waals surface area contributed by atoms with Gasteiger partial charge in [-0.15, -0.1) is 0 Å². The zero-order valence-electron chi connectivity index (χ0n) is 17.6. The molecule has 0 aliphatic carbocycles. The second kappa shape index (κ2) is 9.48. The van der Waals surface area contributed by atoms with E-state index in [1.807, 2.05) is 0 Å². The fraction of sp³-hybridized carbons (Fsp3) is 0.115. The summed E-state index contributed by atoms with van der Waals surface area (Å²) >= 11 is 0. The first kappa shape index (κ1) is 22.0. The number of carbonyl (C=O) groups is 2. The molecule has 0 radical (unpaired) electrons. The monoisotopic (exact) mass is 444 g/mol. The van der Waals surface area contributed by atoms with Crippen molar-refractivity contribution in [3.8, 4) is 5.75 Å². The number of hydrogen-bond donors (Lipinski definition) is 1. The van der Waals surface area contributed by atoms with Crippen molar-refractivity contribution in [3.05, 3.63) is 114 Å². The number of rotatable bonds is 7. The van der Waals surface area contributed by atoms with Crippen LogP contribution in [0.2, 0.25) is 0 Å². The third kappa shape index (κ3) is 4.52. The Labute approximate surface area is 190 Å². The highest BCUT2D eigenvalue weighted by molar-refractivity contribution is 6.46. The lowest BCUT2D eigenvalue weighted by Gasteiger charge is -2.25. The molecule has 166 valence electrons. The Balaban J connectivity index is 1.78. The molecule has 3 aromatic rings. The summed E-state index contributed by atoms with van der Waals surface area (Å²) in [5.74, 6) is -1.75. The average molecular weight is 444 g/mol. The Morgan fingerprint density at radius 2 is 1.85 bits per heavy atom.